The molecule has 0 atom stereocenters. The van der Waals surface area contributed by atoms with Gasteiger partial charge >= 0.3 is 0 Å². The van der Waals surface area contributed by atoms with Crippen LogP contribution < -0.4 is 10.6 Å². The molecule has 0 unspecified atom stereocenters. The van der Waals surface area contributed by atoms with Gasteiger partial charge in [-0.2, -0.15) is 5.10 Å². The maximum atomic E-state index is 13.6. The number of halogens is 4. The quantitative estimate of drug-likeness (QED) is 0.289. The van der Waals surface area contributed by atoms with Crippen LogP contribution in [-0.4, -0.2) is 26.4 Å². The van der Waals surface area contributed by atoms with Gasteiger partial charge in [0.25, 0.3) is 11.8 Å². The first-order chi connectivity index (χ1) is 18.3. The van der Waals surface area contributed by atoms with Crippen LogP contribution in [0.15, 0.2) is 66.0 Å². The van der Waals surface area contributed by atoms with Gasteiger partial charge in [-0.15, -0.1) is 11.3 Å². The third-order valence-corrected chi connectivity index (χ3v) is 6.43. The van der Waals surface area contributed by atoms with Crippen LogP contribution in [0.4, 0.5) is 17.6 Å². The molecule has 0 aliphatic heterocycles. The van der Waals surface area contributed by atoms with E-state index in [2.05, 4.69) is 20.7 Å². The Morgan fingerprint density at radius 3 is 2.00 bits per heavy atom. The van der Waals surface area contributed by atoms with Crippen molar-refractivity contribution in [2.75, 3.05) is 0 Å². The molecule has 2 N–H and O–H groups in total. The van der Waals surface area contributed by atoms with Crippen molar-refractivity contribution in [2.45, 2.75) is 13.1 Å². The molecule has 5 aromatic rings. The SMILES string of the molecule is O=C(NCc1ccc(F)c(F)c1)c1cc(C(=O)NCc2ccc(F)c(F)c2)n2nc(-c3cccs3)cc2n1. The van der Waals surface area contributed by atoms with Crippen molar-refractivity contribution in [1.82, 2.24) is 25.2 Å². The van der Waals surface area contributed by atoms with Crippen molar-refractivity contribution in [3.05, 3.63) is 112 Å². The largest absolute Gasteiger partial charge is 0.347 e. The van der Waals surface area contributed by atoms with Crippen LogP contribution in [-0.2, 0) is 13.1 Å². The van der Waals surface area contributed by atoms with Gasteiger partial charge in [0.05, 0.1) is 4.88 Å². The molecule has 3 aromatic heterocycles. The molecule has 2 aromatic carbocycles. The number of carbonyl (C=O) groups is 2. The van der Waals surface area contributed by atoms with Gasteiger partial charge in [0.1, 0.15) is 17.1 Å². The van der Waals surface area contributed by atoms with Gasteiger partial charge in [-0.05, 0) is 46.8 Å². The van der Waals surface area contributed by atoms with Gasteiger partial charge in [0, 0.05) is 25.2 Å². The first-order valence-corrected chi connectivity index (χ1v) is 12.1. The van der Waals surface area contributed by atoms with Crippen molar-refractivity contribution >= 4 is 28.8 Å². The van der Waals surface area contributed by atoms with Crippen LogP contribution in [0, 0.1) is 23.3 Å². The molecule has 12 heteroatoms. The fourth-order valence-corrected chi connectivity index (χ4v) is 4.32. The molecular weight excluding hydrogens is 522 g/mol. The summed E-state index contributed by atoms with van der Waals surface area (Å²) in [5, 5.41) is 11.5. The first kappa shape index (κ1) is 25.1. The topological polar surface area (TPSA) is 88.4 Å². The fourth-order valence-electron chi connectivity index (χ4n) is 3.64. The highest BCUT2D eigenvalue weighted by Gasteiger charge is 2.20. The second-order valence-electron chi connectivity index (χ2n) is 8.17. The monoisotopic (exact) mass is 539 g/mol. The lowest BCUT2D eigenvalue weighted by Crippen LogP contribution is -2.28. The normalized spacial score (nSPS) is 11.1. The molecule has 192 valence electrons. The number of hydrogen-bond acceptors (Lipinski definition) is 5. The zero-order valence-electron chi connectivity index (χ0n) is 19.3. The summed E-state index contributed by atoms with van der Waals surface area (Å²) in [5.41, 5.74) is 1.25. The van der Waals surface area contributed by atoms with Gasteiger partial charge in [-0.1, -0.05) is 18.2 Å². The molecule has 0 fully saturated rings. The highest BCUT2D eigenvalue weighted by molar-refractivity contribution is 7.13. The lowest BCUT2D eigenvalue weighted by molar-refractivity contribution is 0.0942. The van der Waals surface area contributed by atoms with Gasteiger partial charge < -0.3 is 10.6 Å². The molecule has 38 heavy (non-hydrogen) atoms. The molecule has 3 heterocycles. The number of nitrogens with zero attached hydrogens (tertiary/aromatic N) is 3. The Kier molecular flexibility index (Phi) is 6.88. The number of benzene rings is 2. The minimum Gasteiger partial charge on any atom is -0.347 e. The van der Waals surface area contributed by atoms with Crippen LogP contribution in [0.2, 0.25) is 0 Å². The van der Waals surface area contributed by atoms with Crippen molar-refractivity contribution in [3.8, 4) is 10.6 Å². The Bertz CT molecular complexity index is 1670. The molecule has 0 saturated carbocycles. The first-order valence-electron chi connectivity index (χ1n) is 11.2. The molecule has 0 bridgehead atoms. The molecule has 7 nitrogen and oxygen atoms in total. The summed E-state index contributed by atoms with van der Waals surface area (Å²) in [4.78, 5) is 31.2. The van der Waals surface area contributed by atoms with Crippen LogP contribution in [0.5, 0.6) is 0 Å². The molecule has 2 amide bonds. The zero-order chi connectivity index (χ0) is 26.8. The number of nitrogens with one attached hydrogen (secondary N) is 2. The lowest BCUT2D eigenvalue weighted by atomic mass is 10.2. The van der Waals surface area contributed by atoms with E-state index < -0.39 is 35.1 Å². The minimum absolute atomic E-state index is 0.0293. The number of fused-ring (bicyclic) bond motifs is 1. The summed E-state index contributed by atoms with van der Waals surface area (Å²) in [6, 6.07) is 13.0. The van der Waals surface area contributed by atoms with Crippen LogP contribution >= 0.6 is 11.3 Å². The summed E-state index contributed by atoms with van der Waals surface area (Å²) in [6.07, 6.45) is 0. The third-order valence-electron chi connectivity index (χ3n) is 5.54. The third kappa shape index (κ3) is 5.25. The van der Waals surface area contributed by atoms with Crippen LogP contribution in [0.3, 0.4) is 0 Å². The highest BCUT2D eigenvalue weighted by atomic mass is 32.1. The molecule has 0 aliphatic rings. The standard InChI is InChI=1S/C26H17F4N5O2S/c27-16-5-3-14(8-18(16)29)12-31-25(36)21-10-22(26(37)32-13-15-4-6-17(28)19(30)9-15)35-24(33-21)11-20(34-35)23-2-1-7-38-23/h1-11H,12-13H2,(H,31,36)(H,32,37). The Morgan fingerprint density at radius 1 is 0.789 bits per heavy atom. The lowest BCUT2D eigenvalue weighted by Gasteiger charge is -2.10. The summed E-state index contributed by atoms with van der Waals surface area (Å²) in [7, 11) is 0. The number of carbonyl (C=O) groups excluding carboxylic acids is 2. The maximum Gasteiger partial charge on any atom is 0.270 e. The van der Waals surface area contributed by atoms with E-state index in [-0.39, 0.29) is 30.1 Å². The maximum absolute atomic E-state index is 13.6. The number of amides is 2. The Balaban J connectivity index is 1.44. The fraction of sp³-hybridized carbons (Fsp3) is 0.0769. The molecule has 5 rings (SSSR count). The van der Waals surface area contributed by atoms with E-state index in [1.807, 2.05) is 17.5 Å². The van der Waals surface area contributed by atoms with E-state index in [1.165, 1.54) is 34.1 Å². The summed E-state index contributed by atoms with van der Waals surface area (Å²) >= 11 is 1.43. The van der Waals surface area contributed by atoms with Gasteiger partial charge in [-0.3, -0.25) is 9.59 Å². The average Bonchev–Trinajstić information content (AvgIpc) is 3.59. The minimum atomic E-state index is -1.05. The van der Waals surface area contributed by atoms with E-state index in [0.29, 0.717) is 16.8 Å². The van der Waals surface area contributed by atoms with Crippen molar-refractivity contribution in [1.29, 1.82) is 0 Å². The van der Waals surface area contributed by atoms with Crippen molar-refractivity contribution in [2.24, 2.45) is 0 Å². The number of rotatable bonds is 7. The Morgan fingerprint density at radius 2 is 1.42 bits per heavy atom. The summed E-state index contributed by atoms with van der Waals surface area (Å²) in [6.45, 7) is -0.225. The Labute approximate surface area is 216 Å². The summed E-state index contributed by atoms with van der Waals surface area (Å²) < 4.78 is 54.8. The predicted octanol–water partition coefficient (Wildman–Crippen LogP) is 4.87. The van der Waals surface area contributed by atoms with E-state index >= 15 is 0 Å². The predicted molar refractivity (Wildman–Crippen MR) is 131 cm³/mol. The molecule has 0 radical (unpaired) electrons. The molecular formula is C26H17F4N5O2S. The Hall–Kier alpha value is -4.58. The number of hydrogen-bond donors (Lipinski definition) is 2. The average molecular weight is 540 g/mol. The van der Waals surface area contributed by atoms with Crippen LogP contribution in [0.25, 0.3) is 16.2 Å². The van der Waals surface area contributed by atoms with Crippen molar-refractivity contribution < 1.29 is 27.2 Å². The number of thiophene rings is 1. The van der Waals surface area contributed by atoms with Gasteiger partial charge in [-0.25, -0.2) is 27.1 Å². The van der Waals surface area contributed by atoms with Gasteiger partial charge in [0.15, 0.2) is 28.9 Å². The van der Waals surface area contributed by atoms with Crippen LogP contribution in [0.1, 0.15) is 32.1 Å². The van der Waals surface area contributed by atoms with E-state index in [0.717, 1.165) is 29.1 Å². The van der Waals surface area contributed by atoms with E-state index in [4.69, 9.17) is 0 Å². The highest BCUT2D eigenvalue weighted by Crippen LogP contribution is 2.25. The van der Waals surface area contributed by atoms with Crippen molar-refractivity contribution in [3.63, 3.8) is 0 Å². The van der Waals surface area contributed by atoms with E-state index in [9.17, 15) is 27.2 Å². The number of aromatic nitrogens is 3. The summed E-state index contributed by atoms with van der Waals surface area (Å²) in [5.74, 6) is -5.41. The molecule has 0 spiro atoms. The molecule has 0 aliphatic carbocycles. The van der Waals surface area contributed by atoms with Gasteiger partial charge in [0.2, 0.25) is 0 Å². The smallest absolute Gasteiger partial charge is 0.270 e. The zero-order valence-corrected chi connectivity index (χ0v) is 20.2. The molecule has 0 saturated heterocycles. The van der Waals surface area contributed by atoms with E-state index in [1.54, 1.807) is 6.07 Å². The second-order valence-corrected chi connectivity index (χ2v) is 9.11. The second kappa shape index (κ2) is 10.4.